The molecule has 0 saturated carbocycles. The summed E-state index contributed by atoms with van der Waals surface area (Å²) in [6, 6.07) is 9.61. The zero-order valence-electron chi connectivity index (χ0n) is 7.23. The van der Waals surface area contributed by atoms with E-state index in [1.165, 1.54) is 0 Å². The van der Waals surface area contributed by atoms with Crippen molar-refractivity contribution in [3.63, 3.8) is 0 Å². The second-order valence-corrected chi connectivity index (χ2v) is 2.49. The van der Waals surface area contributed by atoms with Crippen LogP contribution in [0.1, 0.15) is 5.56 Å². The summed E-state index contributed by atoms with van der Waals surface area (Å²) in [5.74, 6) is -0.462. The first-order chi connectivity index (χ1) is 6.33. The molecule has 69 valence electrons. The summed E-state index contributed by atoms with van der Waals surface area (Å²) in [4.78, 5) is 10.6. The normalized spacial score (nSPS) is 9.62. The van der Waals surface area contributed by atoms with Crippen LogP contribution in [0.15, 0.2) is 30.3 Å². The van der Waals surface area contributed by atoms with E-state index in [0.29, 0.717) is 6.61 Å². The fourth-order valence-electron chi connectivity index (χ4n) is 0.868. The van der Waals surface area contributed by atoms with Crippen molar-refractivity contribution >= 4 is 5.97 Å². The number of benzene rings is 1. The Bertz CT molecular complexity index is 256. The lowest BCUT2D eigenvalue weighted by Crippen LogP contribution is -2.08. The van der Waals surface area contributed by atoms with Gasteiger partial charge in [-0.25, -0.2) is 4.79 Å². The van der Waals surface area contributed by atoms with Gasteiger partial charge >= 0.3 is 5.97 Å². The highest BCUT2D eigenvalue weighted by Gasteiger charge is 1.99. The summed E-state index contributed by atoms with van der Waals surface area (Å²) in [6.07, 6.45) is 0. The van der Waals surface area contributed by atoms with Crippen molar-refractivity contribution in [1.82, 2.24) is 0 Å². The molecule has 1 rings (SSSR count). The molecule has 0 aliphatic heterocycles. The molecule has 0 fully saturated rings. The Hall–Kier alpha value is -1.35. The Morgan fingerprint density at radius 2 is 2.00 bits per heavy atom. The van der Waals surface area contributed by atoms with Crippen LogP contribution >= 0.6 is 0 Å². The van der Waals surface area contributed by atoms with Crippen molar-refractivity contribution in [3.05, 3.63) is 43.0 Å². The van der Waals surface area contributed by atoms with Gasteiger partial charge in [-0.3, -0.25) is 0 Å². The minimum atomic E-state index is -0.462. The van der Waals surface area contributed by atoms with Crippen molar-refractivity contribution in [3.8, 4) is 0 Å². The number of hydrogen-bond donors (Lipinski definition) is 0. The number of carbonyl (C=O) groups is 1. The van der Waals surface area contributed by atoms with Gasteiger partial charge in [0.15, 0.2) is 0 Å². The first kappa shape index (κ1) is 9.74. The molecule has 0 atom stereocenters. The maximum absolute atomic E-state index is 10.6. The Morgan fingerprint density at radius 1 is 1.31 bits per heavy atom. The topological polar surface area (TPSA) is 35.5 Å². The van der Waals surface area contributed by atoms with Gasteiger partial charge in [0.2, 0.25) is 0 Å². The lowest BCUT2D eigenvalue weighted by molar-refractivity contribution is -0.144. The Balaban J connectivity index is 2.24. The first-order valence-corrected chi connectivity index (χ1v) is 3.89. The monoisotopic (exact) mass is 179 g/mol. The third-order valence-electron chi connectivity index (χ3n) is 1.49. The molecular formula is C10H11O3. The fraction of sp³-hybridized carbons (Fsp3) is 0.200. The Labute approximate surface area is 77.3 Å². The predicted molar refractivity (Wildman–Crippen MR) is 47.5 cm³/mol. The maximum Gasteiger partial charge on any atom is 0.332 e. The molecule has 0 unspecified atom stereocenters. The zero-order chi connectivity index (χ0) is 9.52. The van der Waals surface area contributed by atoms with Crippen LogP contribution in [0.4, 0.5) is 0 Å². The Kier molecular flexibility index (Phi) is 3.99. The Morgan fingerprint density at radius 3 is 2.62 bits per heavy atom. The van der Waals surface area contributed by atoms with Gasteiger partial charge in [-0.15, -0.1) is 0 Å². The molecule has 3 heteroatoms. The molecule has 0 aliphatic rings. The highest BCUT2D eigenvalue weighted by atomic mass is 16.6. The number of hydrogen-bond acceptors (Lipinski definition) is 3. The third-order valence-corrected chi connectivity index (χ3v) is 1.49. The number of carbonyl (C=O) groups excluding carboxylic acids is 1. The molecule has 1 radical (unpaired) electrons. The second-order valence-electron chi connectivity index (χ2n) is 2.49. The number of rotatable bonds is 4. The van der Waals surface area contributed by atoms with Crippen LogP contribution in [0.5, 0.6) is 0 Å². The first-order valence-electron chi connectivity index (χ1n) is 3.89. The molecule has 1 aromatic rings. The van der Waals surface area contributed by atoms with Crippen molar-refractivity contribution in [2.75, 3.05) is 6.61 Å². The smallest absolute Gasteiger partial charge is 0.332 e. The largest absolute Gasteiger partial charge is 0.460 e. The average Bonchev–Trinajstić information content (AvgIpc) is 2.19. The summed E-state index contributed by atoms with van der Waals surface area (Å²) in [5.41, 5.74) is 1.03. The summed E-state index contributed by atoms with van der Waals surface area (Å²) in [5, 5.41) is 0. The summed E-state index contributed by atoms with van der Waals surface area (Å²) in [6.45, 7) is 0.355. The van der Waals surface area contributed by atoms with Crippen LogP contribution < -0.4 is 0 Å². The van der Waals surface area contributed by atoms with Crippen LogP contribution in [0, 0.1) is 7.11 Å². The minimum Gasteiger partial charge on any atom is -0.460 e. The van der Waals surface area contributed by atoms with E-state index in [1.807, 2.05) is 30.3 Å². The number of ether oxygens (including phenoxy) is 2. The van der Waals surface area contributed by atoms with E-state index in [4.69, 9.17) is 4.74 Å². The molecule has 0 saturated heterocycles. The summed E-state index contributed by atoms with van der Waals surface area (Å²) >= 11 is 0. The van der Waals surface area contributed by atoms with Crippen molar-refractivity contribution in [1.29, 1.82) is 0 Å². The molecule has 0 aliphatic carbocycles. The SMILES string of the molecule is [CH2]OC(=O)COCc1ccccc1. The fourth-order valence-corrected chi connectivity index (χ4v) is 0.868. The molecule has 0 aromatic heterocycles. The maximum atomic E-state index is 10.6. The van der Waals surface area contributed by atoms with Gasteiger partial charge in [-0.2, -0.15) is 0 Å². The quantitative estimate of drug-likeness (QED) is 0.657. The van der Waals surface area contributed by atoms with Gasteiger partial charge in [0.25, 0.3) is 0 Å². The second kappa shape index (κ2) is 5.32. The lowest BCUT2D eigenvalue weighted by Gasteiger charge is -2.01. The predicted octanol–water partition coefficient (Wildman–Crippen LogP) is 1.54. The lowest BCUT2D eigenvalue weighted by atomic mass is 10.2. The third kappa shape index (κ3) is 3.71. The van der Waals surface area contributed by atoms with E-state index in [-0.39, 0.29) is 6.61 Å². The van der Waals surface area contributed by atoms with E-state index >= 15 is 0 Å². The highest BCUT2D eigenvalue weighted by Crippen LogP contribution is 1.99. The van der Waals surface area contributed by atoms with E-state index in [0.717, 1.165) is 5.56 Å². The molecule has 3 nitrogen and oxygen atoms in total. The van der Waals surface area contributed by atoms with E-state index in [1.54, 1.807) is 0 Å². The molecular weight excluding hydrogens is 168 g/mol. The van der Waals surface area contributed by atoms with Crippen LogP contribution in [0.2, 0.25) is 0 Å². The van der Waals surface area contributed by atoms with Crippen LogP contribution in [0.3, 0.4) is 0 Å². The summed E-state index contributed by atoms with van der Waals surface area (Å²) in [7, 11) is 2.98. The minimum absolute atomic E-state index is 0.0571. The molecule has 0 heterocycles. The van der Waals surface area contributed by atoms with Gasteiger partial charge in [-0.05, 0) is 5.56 Å². The standard InChI is InChI=1S/C10H11O3/c1-12-10(11)8-13-7-9-5-3-2-4-6-9/h2-6H,1,7-8H2. The van der Waals surface area contributed by atoms with Gasteiger partial charge < -0.3 is 9.47 Å². The van der Waals surface area contributed by atoms with Crippen molar-refractivity contribution in [2.24, 2.45) is 0 Å². The molecule has 13 heavy (non-hydrogen) atoms. The van der Waals surface area contributed by atoms with Crippen LogP contribution in [-0.4, -0.2) is 12.6 Å². The molecule has 0 bridgehead atoms. The van der Waals surface area contributed by atoms with Gasteiger partial charge in [-0.1, -0.05) is 30.3 Å². The molecule has 0 amide bonds. The van der Waals surface area contributed by atoms with Crippen LogP contribution in [-0.2, 0) is 20.9 Å². The van der Waals surface area contributed by atoms with Crippen LogP contribution in [0.25, 0.3) is 0 Å². The summed E-state index contributed by atoms with van der Waals surface area (Å²) < 4.78 is 9.23. The zero-order valence-corrected chi connectivity index (χ0v) is 7.23. The van der Waals surface area contributed by atoms with Gasteiger partial charge in [0.05, 0.1) is 6.61 Å². The van der Waals surface area contributed by atoms with Gasteiger partial charge in [0, 0.05) is 0 Å². The van der Waals surface area contributed by atoms with E-state index < -0.39 is 5.97 Å². The van der Waals surface area contributed by atoms with E-state index in [2.05, 4.69) is 11.8 Å². The van der Waals surface area contributed by atoms with Crippen molar-refractivity contribution < 1.29 is 14.3 Å². The highest BCUT2D eigenvalue weighted by molar-refractivity contribution is 5.70. The molecule has 0 N–H and O–H groups in total. The average molecular weight is 179 g/mol. The molecule has 0 spiro atoms. The molecule has 1 aromatic carbocycles. The number of esters is 1. The van der Waals surface area contributed by atoms with Gasteiger partial charge in [0.1, 0.15) is 13.7 Å². The van der Waals surface area contributed by atoms with Crippen molar-refractivity contribution in [2.45, 2.75) is 6.61 Å². The van der Waals surface area contributed by atoms with E-state index in [9.17, 15) is 4.79 Å².